The summed E-state index contributed by atoms with van der Waals surface area (Å²) in [7, 11) is -4.22. The maximum absolute atomic E-state index is 14.5. The fraction of sp³-hybridized carbons (Fsp3) is 0.192. The van der Waals surface area contributed by atoms with E-state index in [9.17, 15) is 17.6 Å². The molecule has 0 aliphatic heterocycles. The van der Waals surface area contributed by atoms with Gasteiger partial charge >= 0.3 is 0 Å². The second-order valence-electron chi connectivity index (χ2n) is 8.28. The summed E-state index contributed by atoms with van der Waals surface area (Å²) in [5, 5.41) is 0.811. The van der Waals surface area contributed by atoms with Gasteiger partial charge in [0.2, 0.25) is 10.0 Å². The number of hydrogen-bond acceptors (Lipinski definition) is 3. The number of sulfonamides is 1. The van der Waals surface area contributed by atoms with Crippen molar-refractivity contribution in [1.82, 2.24) is 9.29 Å². The fourth-order valence-electron chi connectivity index (χ4n) is 3.79. The van der Waals surface area contributed by atoms with E-state index in [1.807, 2.05) is 57.2 Å². The highest BCUT2D eigenvalue weighted by Crippen LogP contribution is 2.24. The number of aryl methyl sites for hydroxylation is 3. The van der Waals surface area contributed by atoms with Gasteiger partial charge in [-0.1, -0.05) is 54.1 Å². The third-order valence-electron chi connectivity index (χ3n) is 5.91. The van der Waals surface area contributed by atoms with Gasteiger partial charge in [-0.15, -0.1) is 0 Å². The average molecular weight is 465 g/mol. The number of benzene rings is 3. The van der Waals surface area contributed by atoms with Gasteiger partial charge in [0.15, 0.2) is 0 Å². The Morgan fingerprint density at radius 3 is 2.30 bits per heavy atom. The van der Waals surface area contributed by atoms with Crippen LogP contribution < -0.4 is 5.56 Å². The number of hydrogen-bond donors (Lipinski definition) is 1. The van der Waals surface area contributed by atoms with E-state index in [0.29, 0.717) is 0 Å². The maximum Gasteiger partial charge on any atom is 0.252 e. The Bertz CT molecular complexity index is 1490. The van der Waals surface area contributed by atoms with Crippen LogP contribution in [0.2, 0.25) is 0 Å². The van der Waals surface area contributed by atoms with Crippen molar-refractivity contribution in [2.24, 2.45) is 0 Å². The highest BCUT2D eigenvalue weighted by Gasteiger charge is 2.28. The molecule has 0 radical (unpaired) electrons. The third kappa shape index (κ3) is 4.60. The molecule has 1 heterocycles. The molecule has 0 amide bonds. The molecule has 33 heavy (non-hydrogen) atoms. The summed E-state index contributed by atoms with van der Waals surface area (Å²) in [6.07, 6.45) is 0. The monoisotopic (exact) mass is 464 g/mol. The van der Waals surface area contributed by atoms with Crippen LogP contribution in [0.4, 0.5) is 4.39 Å². The van der Waals surface area contributed by atoms with E-state index >= 15 is 0 Å². The topological polar surface area (TPSA) is 70.2 Å². The molecule has 7 heteroatoms. The summed E-state index contributed by atoms with van der Waals surface area (Å²) in [4.78, 5) is 15.4. The zero-order chi connectivity index (χ0) is 23.8. The summed E-state index contributed by atoms with van der Waals surface area (Å²) < 4.78 is 42.6. The van der Waals surface area contributed by atoms with Gasteiger partial charge in [0.05, 0.1) is 5.52 Å². The number of halogens is 1. The molecular weight excluding hydrogens is 439 g/mol. The number of aromatic nitrogens is 1. The first-order valence-electron chi connectivity index (χ1n) is 10.6. The Morgan fingerprint density at radius 1 is 0.909 bits per heavy atom. The van der Waals surface area contributed by atoms with Crippen molar-refractivity contribution >= 4 is 20.9 Å². The van der Waals surface area contributed by atoms with E-state index in [1.54, 1.807) is 6.07 Å². The van der Waals surface area contributed by atoms with Gasteiger partial charge < -0.3 is 4.98 Å². The smallest absolute Gasteiger partial charge is 0.252 e. The maximum atomic E-state index is 14.5. The number of H-pyrrole nitrogens is 1. The Kier molecular flexibility index (Phi) is 6.19. The summed E-state index contributed by atoms with van der Waals surface area (Å²) in [5.74, 6) is -0.829. The minimum Gasteiger partial charge on any atom is -0.321 e. The molecule has 3 aromatic carbocycles. The molecule has 0 aliphatic carbocycles. The van der Waals surface area contributed by atoms with E-state index in [-0.39, 0.29) is 24.2 Å². The van der Waals surface area contributed by atoms with Crippen LogP contribution in [0.3, 0.4) is 0 Å². The predicted octanol–water partition coefficient (Wildman–Crippen LogP) is 4.98. The number of pyridine rings is 1. The van der Waals surface area contributed by atoms with Gasteiger partial charge in [-0.2, -0.15) is 4.31 Å². The van der Waals surface area contributed by atoms with Crippen molar-refractivity contribution < 1.29 is 12.8 Å². The molecule has 4 aromatic rings. The number of fused-ring (bicyclic) bond motifs is 1. The zero-order valence-corrected chi connectivity index (χ0v) is 19.5. The van der Waals surface area contributed by atoms with Crippen LogP contribution in [0.5, 0.6) is 0 Å². The van der Waals surface area contributed by atoms with Crippen LogP contribution in [0, 0.1) is 26.6 Å². The number of aromatic amines is 1. The molecule has 1 N–H and O–H groups in total. The van der Waals surface area contributed by atoms with Gasteiger partial charge in [0.25, 0.3) is 5.56 Å². The van der Waals surface area contributed by atoms with Crippen molar-refractivity contribution in [2.45, 2.75) is 38.8 Å². The predicted molar refractivity (Wildman–Crippen MR) is 128 cm³/mol. The Morgan fingerprint density at radius 2 is 1.61 bits per heavy atom. The summed E-state index contributed by atoms with van der Waals surface area (Å²) in [6, 6.07) is 18.3. The van der Waals surface area contributed by atoms with Crippen molar-refractivity contribution in [3.63, 3.8) is 0 Å². The molecular formula is C26H25FN2O3S. The highest BCUT2D eigenvalue weighted by molar-refractivity contribution is 7.89. The molecule has 0 atom stereocenters. The Hall–Kier alpha value is -3.29. The van der Waals surface area contributed by atoms with Gasteiger partial charge in [0, 0.05) is 18.7 Å². The van der Waals surface area contributed by atoms with Gasteiger partial charge in [-0.3, -0.25) is 4.79 Å². The summed E-state index contributed by atoms with van der Waals surface area (Å²) in [5.41, 5.74) is 4.45. The van der Waals surface area contributed by atoms with Crippen LogP contribution in [-0.2, 0) is 23.1 Å². The SMILES string of the molecule is Cc1ccc(CN(Cc2cc3ccc(C)c(C)c3[nH]c2=O)S(=O)(=O)c2ccccc2F)cc1. The summed E-state index contributed by atoms with van der Waals surface area (Å²) in [6.45, 7) is 5.64. The van der Waals surface area contributed by atoms with Gasteiger partial charge in [-0.25, -0.2) is 12.8 Å². The molecule has 0 spiro atoms. The van der Waals surface area contributed by atoms with Crippen LogP contribution >= 0.6 is 0 Å². The van der Waals surface area contributed by atoms with Gasteiger partial charge in [0.1, 0.15) is 10.7 Å². The molecule has 0 saturated heterocycles. The first kappa shape index (κ1) is 22.9. The van der Waals surface area contributed by atoms with Crippen molar-refractivity contribution in [3.8, 4) is 0 Å². The average Bonchev–Trinajstić information content (AvgIpc) is 2.78. The van der Waals surface area contributed by atoms with Crippen molar-refractivity contribution in [3.05, 3.63) is 111 Å². The number of nitrogens with one attached hydrogen (secondary N) is 1. The highest BCUT2D eigenvalue weighted by atomic mass is 32.2. The zero-order valence-electron chi connectivity index (χ0n) is 18.7. The lowest BCUT2D eigenvalue weighted by Crippen LogP contribution is -2.33. The number of rotatable bonds is 6. The lowest BCUT2D eigenvalue weighted by Gasteiger charge is -2.23. The van der Waals surface area contributed by atoms with E-state index in [0.717, 1.165) is 43.5 Å². The van der Waals surface area contributed by atoms with Gasteiger partial charge in [-0.05, 0) is 61.0 Å². The molecule has 0 fully saturated rings. The van der Waals surface area contributed by atoms with E-state index in [1.165, 1.54) is 18.2 Å². The molecule has 170 valence electrons. The first-order valence-corrected chi connectivity index (χ1v) is 12.0. The molecule has 4 rings (SSSR count). The van der Waals surface area contributed by atoms with Crippen molar-refractivity contribution in [1.29, 1.82) is 0 Å². The Balaban J connectivity index is 1.80. The molecule has 0 aliphatic rings. The van der Waals surface area contributed by atoms with Crippen LogP contribution in [0.1, 0.15) is 27.8 Å². The molecule has 5 nitrogen and oxygen atoms in total. The normalized spacial score (nSPS) is 11.9. The molecule has 1 aromatic heterocycles. The molecule has 0 saturated carbocycles. The lowest BCUT2D eigenvalue weighted by atomic mass is 10.0. The summed E-state index contributed by atoms with van der Waals surface area (Å²) >= 11 is 0. The second kappa shape index (κ2) is 8.92. The number of nitrogens with zero attached hydrogens (tertiary/aromatic N) is 1. The molecule has 0 unspecified atom stereocenters. The van der Waals surface area contributed by atoms with Crippen molar-refractivity contribution in [2.75, 3.05) is 0 Å². The van der Waals surface area contributed by atoms with Crippen LogP contribution in [0.15, 0.2) is 76.4 Å². The standard InChI is InChI=1S/C26H25FN2O3S/c1-17-8-11-20(12-9-17)15-29(33(31,32)24-7-5-4-6-23(24)27)16-22-14-21-13-10-18(2)19(3)25(21)28-26(22)30/h4-14H,15-16H2,1-3H3,(H,28,30). The van der Waals surface area contributed by atoms with Crippen LogP contribution in [-0.4, -0.2) is 17.7 Å². The largest absolute Gasteiger partial charge is 0.321 e. The van der Waals surface area contributed by atoms with Crippen LogP contribution in [0.25, 0.3) is 10.9 Å². The quantitative estimate of drug-likeness (QED) is 0.437. The van der Waals surface area contributed by atoms with E-state index in [2.05, 4.69) is 4.98 Å². The molecule has 0 bridgehead atoms. The Labute approximate surface area is 192 Å². The minimum absolute atomic E-state index is 0.00134. The third-order valence-corrected chi connectivity index (χ3v) is 7.73. The lowest BCUT2D eigenvalue weighted by molar-refractivity contribution is 0.396. The van der Waals surface area contributed by atoms with E-state index < -0.39 is 20.7 Å². The van der Waals surface area contributed by atoms with E-state index in [4.69, 9.17) is 0 Å². The first-order chi connectivity index (χ1) is 15.7. The minimum atomic E-state index is -4.22. The second-order valence-corrected chi connectivity index (χ2v) is 10.2. The fourth-order valence-corrected chi connectivity index (χ4v) is 5.26.